The highest BCUT2D eigenvalue weighted by atomic mass is 19.4. The van der Waals surface area contributed by atoms with Gasteiger partial charge in [-0.05, 0) is 27.2 Å². The van der Waals surface area contributed by atoms with Crippen molar-refractivity contribution < 1.29 is 22.7 Å². The first-order valence-corrected chi connectivity index (χ1v) is 8.16. The van der Waals surface area contributed by atoms with E-state index in [0.29, 0.717) is 38.6 Å². The third-order valence-electron chi connectivity index (χ3n) is 3.16. The minimum atomic E-state index is -4.30. The highest BCUT2D eigenvalue weighted by Crippen LogP contribution is 2.14. The van der Waals surface area contributed by atoms with E-state index in [0.717, 1.165) is 0 Å². The van der Waals surface area contributed by atoms with Gasteiger partial charge in [0, 0.05) is 39.8 Å². The van der Waals surface area contributed by atoms with Crippen molar-refractivity contribution in [2.45, 2.75) is 33.4 Å². The minimum absolute atomic E-state index is 0.00149. The van der Waals surface area contributed by atoms with Crippen LogP contribution in [0.15, 0.2) is 4.99 Å². The van der Waals surface area contributed by atoms with Gasteiger partial charge in [-0.3, -0.25) is 9.79 Å². The van der Waals surface area contributed by atoms with Crippen LogP contribution in [-0.2, 0) is 9.53 Å². The van der Waals surface area contributed by atoms with Crippen LogP contribution < -0.4 is 5.32 Å². The standard InChI is InChI=1S/C15H29F3N4O2/c1-5-19-14(20-9-8-10-24-12-15(16,17)18)21(4)11-13(23)22(6-2)7-3/h5-12H2,1-4H3,(H,19,20). The summed E-state index contributed by atoms with van der Waals surface area (Å²) in [7, 11) is 1.75. The van der Waals surface area contributed by atoms with Crippen LogP contribution in [0.3, 0.4) is 0 Å². The summed E-state index contributed by atoms with van der Waals surface area (Å²) in [6, 6.07) is 0. The second-order valence-corrected chi connectivity index (χ2v) is 5.18. The van der Waals surface area contributed by atoms with E-state index >= 15 is 0 Å². The number of nitrogens with one attached hydrogen (secondary N) is 1. The molecule has 0 unspecified atom stereocenters. The Morgan fingerprint density at radius 3 is 2.33 bits per heavy atom. The Kier molecular flexibility index (Phi) is 11.2. The Bertz CT molecular complexity index is 385. The Balaban J connectivity index is 4.37. The number of guanidine groups is 1. The maximum absolute atomic E-state index is 12.1. The Labute approximate surface area is 142 Å². The summed E-state index contributed by atoms with van der Waals surface area (Å²) in [4.78, 5) is 19.9. The van der Waals surface area contributed by atoms with Gasteiger partial charge in [-0.25, -0.2) is 0 Å². The van der Waals surface area contributed by atoms with Crippen molar-refractivity contribution in [2.24, 2.45) is 4.99 Å². The van der Waals surface area contributed by atoms with Gasteiger partial charge in [0.15, 0.2) is 5.96 Å². The zero-order chi connectivity index (χ0) is 18.6. The van der Waals surface area contributed by atoms with Gasteiger partial charge < -0.3 is 19.9 Å². The van der Waals surface area contributed by atoms with Gasteiger partial charge in [0.25, 0.3) is 0 Å². The average molecular weight is 354 g/mol. The normalized spacial score (nSPS) is 12.2. The van der Waals surface area contributed by atoms with E-state index in [9.17, 15) is 18.0 Å². The number of likely N-dealkylation sites (N-methyl/N-ethyl adjacent to an activating group) is 2. The molecule has 9 heteroatoms. The molecule has 142 valence electrons. The van der Waals surface area contributed by atoms with Crippen LogP contribution in [0.2, 0.25) is 0 Å². The summed E-state index contributed by atoms with van der Waals surface area (Å²) in [5.41, 5.74) is 0. The van der Waals surface area contributed by atoms with Gasteiger partial charge in [0.1, 0.15) is 6.61 Å². The zero-order valence-corrected chi connectivity index (χ0v) is 14.9. The summed E-state index contributed by atoms with van der Waals surface area (Å²) < 4.78 is 40.4. The molecule has 0 heterocycles. The fourth-order valence-corrected chi connectivity index (χ4v) is 1.96. The molecule has 0 aromatic rings. The summed E-state index contributed by atoms with van der Waals surface area (Å²) >= 11 is 0. The van der Waals surface area contributed by atoms with E-state index in [1.165, 1.54) is 0 Å². The lowest BCUT2D eigenvalue weighted by Gasteiger charge is -2.25. The van der Waals surface area contributed by atoms with Crippen molar-refractivity contribution in [3.63, 3.8) is 0 Å². The monoisotopic (exact) mass is 354 g/mol. The number of amides is 1. The number of halogens is 3. The van der Waals surface area contributed by atoms with E-state index in [1.54, 1.807) is 16.8 Å². The predicted molar refractivity (Wildman–Crippen MR) is 88.0 cm³/mol. The molecule has 0 aromatic heterocycles. The number of carbonyl (C=O) groups is 1. The molecule has 0 saturated carbocycles. The summed E-state index contributed by atoms with van der Waals surface area (Å²) in [5.74, 6) is 0.551. The second kappa shape index (κ2) is 11.9. The number of hydrogen-bond acceptors (Lipinski definition) is 3. The van der Waals surface area contributed by atoms with Crippen LogP contribution >= 0.6 is 0 Å². The average Bonchev–Trinajstić information content (AvgIpc) is 2.49. The fraction of sp³-hybridized carbons (Fsp3) is 0.867. The van der Waals surface area contributed by atoms with Crippen molar-refractivity contribution in [3.8, 4) is 0 Å². The molecule has 0 aliphatic carbocycles. The quantitative estimate of drug-likeness (QED) is 0.369. The van der Waals surface area contributed by atoms with Crippen LogP contribution in [0.1, 0.15) is 27.2 Å². The Morgan fingerprint density at radius 1 is 1.21 bits per heavy atom. The van der Waals surface area contributed by atoms with Crippen molar-refractivity contribution in [2.75, 3.05) is 53.0 Å². The largest absolute Gasteiger partial charge is 0.411 e. The molecular weight excluding hydrogens is 325 g/mol. The molecule has 1 amide bonds. The second-order valence-electron chi connectivity index (χ2n) is 5.18. The number of carbonyl (C=O) groups excluding carboxylic acids is 1. The van der Waals surface area contributed by atoms with E-state index in [4.69, 9.17) is 0 Å². The number of alkyl halides is 3. The summed E-state index contributed by atoms with van der Waals surface area (Å²) in [6.07, 6.45) is -3.92. The Morgan fingerprint density at radius 2 is 1.83 bits per heavy atom. The smallest absolute Gasteiger partial charge is 0.372 e. The van der Waals surface area contributed by atoms with Crippen LogP contribution in [0.5, 0.6) is 0 Å². The molecule has 0 radical (unpaired) electrons. The van der Waals surface area contributed by atoms with E-state index < -0.39 is 12.8 Å². The number of ether oxygens (including phenoxy) is 1. The number of rotatable bonds is 10. The van der Waals surface area contributed by atoms with Crippen LogP contribution in [0, 0.1) is 0 Å². The van der Waals surface area contributed by atoms with E-state index in [2.05, 4.69) is 15.0 Å². The van der Waals surface area contributed by atoms with E-state index in [1.807, 2.05) is 20.8 Å². The molecule has 0 rings (SSSR count). The van der Waals surface area contributed by atoms with Crippen molar-refractivity contribution in [3.05, 3.63) is 0 Å². The van der Waals surface area contributed by atoms with Gasteiger partial charge in [-0.2, -0.15) is 13.2 Å². The maximum Gasteiger partial charge on any atom is 0.411 e. The number of hydrogen-bond donors (Lipinski definition) is 1. The molecule has 0 aliphatic rings. The highest BCUT2D eigenvalue weighted by Gasteiger charge is 2.27. The first-order chi connectivity index (χ1) is 11.2. The van der Waals surface area contributed by atoms with Crippen LogP contribution in [-0.4, -0.2) is 80.8 Å². The van der Waals surface area contributed by atoms with Crippen molar-refractivity contribution in [1.29, 1.82) is 0 Å². The minimum Gasteiger partial charge on any atom is -0.372 e. The molecule has 6 nitrogen and oxygen atoms in total. The van der Waals surface area contributed by atoms with Gasteiger partial charge in [-0.1, -0.05) is 0 Å². The highest BCUT2D eigenvalue weighted by molar-refractivity contribution is 5.86. The first kappa shape index (κ1) is 22.5. The summed E-state index contributed by atoms with van der Waals surface area (Å²) in [5, 5.41) is 3.06. The van der Waals surface area contributed by atoms with Crippen LogP contribution in [0.4, 0.5) is 13.2 Å². The van der Waals surface area contributed by atoms with Gasteiger partial charge in [0.05, 0.1) is 6.54 Å². The number of nitrogens with zero attached hydrogens (tertiary/aromatic N) is 3. The molecule has 24 heavy (non-hydrogen) atoms. The third-order valence-corrected chi connectivity index (χ3v) is 3.16. The SMILES string of the molecule is CCNC(=NCCCOCC(F)(F)F)N(C)CC(=O)N(CC)CC. The summed E-state index contributed by atoms with van der Waals surface area (Å²) in [6.45, 7) is 6.93. The number of aliphatic imine (C=N–C) groups is 1. The molecule has 0 saturated heterocycles. The molecule has 0 atom stereocenters. The molecule has 0 spiro atoms. The molecule has 0 bridgehead atoms. The third kappa shape index (κ3) is 10.3. The van der Waals surface area contributed by atoms with E-state index in [-0.39, 0.29) is 19.1 Å². The maximum atomic E-state index is 12.1. The van der Waals surface area contributed by atoms with Gasteiger partial charge in [-0.15, -0.1) is 0 Å². The molecule has 0 aliphatic heterocycles. The molecule has 0 aromatic carbocycles. The van der Waals surface area contributed by atoms with Gasteiger partial charge >= 0.3 is 6.18 Å². The van der Waals surface area contributed by atoms with Crippen molar-refractivity contribution in [1.82, 2.24) is 15.1 Å². The lowest BCUT2D eigenvalue weighted by molar-refractivity contribution is -0.173. The lowest BCUT2D eigenvalue weighted by Crippen LogP contribution is -2.45. The van der Waals surface area contributed by atoms with Crippen LogP contribution in [0.25, 0.3) is 0 Å². The fourth-order valence-electron chi connectivity index (χ4n) is 1.96. The predicted octanol–water partition coefficient (Wildman–Crippen LogP) is 1.72. The van der Waals surface area contributed by atoms with Crippen molar-refractivity contribution >= 4 is 11.9 Å². The zero-order valence-electron chi connectivity index (χ0n) is 14.9. The Hall–Kier alpha value is -1.51. The topological polar surface area (TPSA) is 57.2 Å². The molecule has 0 fully saturated rings. The lowest BCUT2D eigenvalue weighted by atomic mass is 10.4. The molecule has 1 N–H and O–H groups in total. The first-order valence-electron chi connectivity index (χ1n) is 8.16. The van der Waals surface area contributed by atoms with Gasteiger partial charge in [0.2, 0.25) is 5.91 Å². The molecular formula is C15H29F3N4O2.